The van der Waals surface area contributed by atoms with Gasteiger partial charge in [0.2, 0.25) is 5.89 Å². The molecule has 0 aliphatic carbocycles. The molecule has 4 nitrogen and oxygen atoms in total. The monoisotopic (exact) mass is 264 g/mol. The number of benzene rings is 1. The van der Waals surface area contributed by atoms with Crippen LogP contribution in [-0.2, 0) is 16.6 Å². The molecular weight excluding hydrogens is 248 g/mol. The summed E-state index contributed by atoms with van der Waals surface area (Å²) in [5.41, 5.74) is 2.24. The molecule has 0 unspecified atom stereocenters. The second kappa shape index (κ2) is 5.44. The number of hydrogen-bond donors (Lipinski definition) is 0. The van der Waals surface area contributed by atoms with E-state index >= 15 is 0 Å². The van der Waals surface area contributed by atoms with Crippen molar-refractivity contribution in [2.45, 2.75) is 31.8 Å². The van der Waals surface area contributed by atoms with Gasteiger partial charge in [-0.2, -0.15) is 4.98 Å². The third-order valence-corrected chi connectivity index (χ3v) is 4.28. The molecule has 0 N–H and O–H groups in total. The van der Waals surface area contributed by atoms with Gasteiger partial charge in [-0.1, -0.05) is 35.0 Å². The Morgan fingerprint density at radius 2 is 2.17 bits per heavy atom. The summed E-state index contributed by atoms with van der Waals surface area (Å²) in [5.74, 6) is 1.52. The Balaban J connectivity index is 2.08. The highest BCUT2D eigenvalue weighted by Crippen LogP contribution is 2.20. The predicted octanol–water partition coefficient (Wildman–Crippen LogP) is 2.70. The minimum atomic E-state index is -1.06. The highest BCUT2D eigenvalue weighted by Gasteiger charge is 2.19. The highest BCUT2D eigenvalue weighted by atomic mass is 32.2. The topological polar surface area (TPSA) is 56.0 Å². The SMILES string of the molecule is Cc1cccc(C[S@](=O)[C@@H](C)c2nc(C)no2)c1. The largest absolute Gasteiger partial charge is 0.338 e. The first kappa shape index (κ1) is 13.0. The van der Waals surface area contributed by atoms with E-state index in [1.165, 1.54) is 5.56 Å². The second-order valence-corrected chi connectivity index (χ2v) is 6.09. The van der Waals surface area contributed by atoms with Crippen LogP contribution in [0.1, 0.15) is 35.0 Å². The van der Waals surface area contributed by atoms with E-state index in [1.807, 2.05) is 38.1 Å². The fourth-order valence-electron chi connectivity index (χ4n) is 1.68. The van der Waals surface area contributed by atoms with Crippen molar-refractivity contribution < 1.29 is 8.73 Å². The number of aryl methyl sites for hydroxylation is 2. The molecule has 0 bridgehead atoms. The predicted molar refractivity (Wildman–Crippen MR) is 70.5 cm³/mol. The molecule has 0 spiro atoms. The zero-order chi connectivity index (χ0) is 13.1. The molecule has 0 saturated carbocycles. The minimum Gasteiger partial charge on any atom is -0.338 e. The van der Waals surface area contributed by atoms with Crippen molar-refractivity contribution in [1.82, 2.24) is 10.1 Å². The zero-order valence-corrected chi connectivity index (χ0v) is 11.5. The van der Waals surface area contributed by atoms with Gasteiger partial charge in [0.05, 0.1) is 0 Å². The highest BCUT2D eigenvalue weighted by molar-refractivity contribution is 7.84. The van der Waals surface area contributed by atoms with Crippen LogP contribution in [0.25, 0.3) is 0 Å². The summed E-state index contributed by atoms with van der Waals surface area (Å²) < 4.78 is 17.3. The molecule has 1 aromatic carbocycles. The van der Waals surface area contributed by atoms with Gasteiger partial charge in [0.25, 0.3) is 0 Å². The summed E-state index contributed by atoms with van der Waals surface area (Å²) in [6, 6.07) is 8.03. The lowest BCUT2D eigenvalue weighted by Gasteiger charge is -2.07. The molecule has 96 valence electrons. The van der Waals surface area contributed by atoms with Gasteiger partial charge in [-0.05, 0) is 26.3 Å². The summed E-state index contributed by atoms with van der Waals surface area (Å²) in [6.07, 6.45) is 0. The average molecular weight is 264 g/mol. The Kier molecular flexibility index (Phi) is 3.91. The van der Waals surface area contributed by atoms with Crippen molar-refractivity contribution in [3.05, 3.63) is 47.1 Å². The maximum atomic E-state index is 12.2. The zero-order valence-electron chi connectivity index (χ0n) is 10.7. The van der Waals surface area contributed by atoms with Crippen molar-refractivity contribution in [2.75, 3.05) is 0 Å². The van der Waals surface area contributed by atoms with Crippen LogP contribution in [-0.4, -0.2) is 14.3 Å². The third kappa shape index (κ3) is 3.04. The number of aromatic nitrogens is 2. The van der Waals surface area contributed by atoms with E-state index in [1.54, 1.807) is 6.92 Å². The van der Waals surface area contributed by atoms with Crippen molar-refractivity contribution in [1.29, 1.82) is 0 Å². The maximum absolute atomic E-state index is 12.2. The van der Waals surface area contributed by atoms with E-state index in [9.17, 15) is 4.21 Å². The first-order valence-corrected chi connectivity index (χ1v) is 7.17. The van der Waals surface area contributed by atoms with Crippen LogP contribution in [0.15, 0.2) is 28.8 Å². The Morgan fingerprint density at radius 3 is 2.78 bits per heavy atom. The molecular formula is C13H16N2O2S. The molecule has 5 heteroatoms. The summed E-state index contributed by atoms with van der Waals surface area (Å²) in [7, 11) is -1.06. The van der Waals surface area contributed by atoms with Crippen molar-refractivity contribution in [2.24, 2.45) is 0 Å². The minimum absolute atomic E-state index is 0.244. The van der Waals surface area contributed by atoms with Crippen molar-refractivity contribution in [3.63, 3.8) is 0 Å². The van der Waals surface area contributed by atoms with Crippen LogP contribution in [0.2, 0.25) is 0 Å². The lowest BCUT2D eigenvalue weighted by molar-refractivity contribution is 0.375. The van der Waals surface area contributed by atoms with Gasteiger partial charge < -0.3 is 4.52 Å². The van der Waals surface area contributed by atoms with E-state index < -0.39 is 10.8 Å². The molecule has 18 heavy (non-hydrogen) atoms. The van der Waals surface area contributed by atoms with Gasteiger partial charge >= 0.3 is 0 Å². The van der Waals surface area contributed by atoms with E-state index in [0.717, 1.165) is 5.56 Å². The Bertz CT molecular complexity index is 566. The van der Waals surface area contributed by atoms with Crippen molar-refractivity contribution in [3.8, 4) is 0 Å². The fourth-order valence-corrected chi connectivity index (χ4v) is 2.76. The van der Waals surface area contributed by atoms with E-state index in [0.29, 0.717) is 17.5 Å². The van der Waals surface area contributed by atoms with E-state index in [2.05, 4.69) is 10.1 Å². The molecule has 0 aliphatic rings. The van der Waals surface area contributed by atoms with Crippen LogP contribution < -0.4 is 0 Å². The number of nitrogens with zero attached hydrogens (tertiary/aromatic N) is 2. The van der Waals surface area contributed by atoms with Gasteiger partial charge in [0, 0.05) is 16.6 Å². The van der Waals surface area contributed by atoms with E-state index in [4.69, 9.17) is 4.52 Å². The van der Waals surface area contributed by atoms with Gasteiger partial charge in [0.15, 0.2) is 5.82 Å². The van der Waals surface area contributed by atoms with Crippen LogP contribution in [0.4, 0.5) is 0 Å². The molecule has 1 aromatic heterocycles. The quantitative estimate of drug-likeness (QED) is 0.852. The van der Waals surface area contributed by atoms with Gasteiger partial charge in [-0.25, -0.2) is 0 Å². The van der Waals surface area contributed by atoms with Crippen LogP contribution in [0.5, 0.6) is 0 Å². The molecule has 0 radical (unpaired) electrons. The van der Waals surface area contributed by atoms with Gasteiger partial charge in [-0.3, -0.25) is 4.21 Å². The van der Waals surface area contributed by atoms with Crippen LogP contribution in [0, 0.1) is 13.8 Å². The molecule has 0 fully saturated rings. The smallest absolute Gasteiger partial charge is 0.242 e. The average Bonchev–Trinajstić information content (AvgIpc) is 2.75. The molecule has 0 aliphatic heterocycles. The Hall–Kier alpha value is -1.49. The van der Waals surface area contributed by atoms with Gasteiger partial charge in [-0.15, -0.1) is 0 Å². The first-order chi connectivity index (χ1) is 8.56. The van der Waals surface area contributed by atoms with Crippen molar-refractivity contribution >= 4 is 10.8 Å². The van der Waals surface area contributed by atoms with E-state index in [-0.39, 0.29) is 5.25 Å². The lowest BCUT2D eigenvalue weighted by Crippen LogP contribution is -2.06. The molecule has 1 heterocycles. The molecule has 2 atom stereocenters. The molecule has 2 rings (SSSR count). The summed E-state index contributed by atoms with van der Waals surface area (Å²) in [4.78, 5) is 4.12. The normalized spacial score (nSPS) is 14.4. The summed E-state index contributed by atoms with van der Waals surface area (Å²) in [6.45, 7) is 5.62. The molecule has 0 amide bonds. The lowest BCUT2D eigenvalue weighted by atomic mass is 10.2. The fraction of sp³-hybridized carbons (Fsp3) is 0.385. The number of hydrogen-bond acceptors (Lipinski definition) is 4. The van der Waals surface area contributed by atoms with Crippen LogP contribution >= 0.6 is 0 Å². The number of rotatable bonds is 4. The molecule has 2 aromatic rings. The third-order valence-electron chi connectivity index (χ3n) is 2.68. The standard InChI is InChI=1S/C13H16N2O2S/c1-9-5-4-6-12(7-9)8-18(16)10(2)13-14-11(3)15-17-13/h4-7,10H,8H2,1-3H3/t10-,18-/m0/s1. The summed E-state index contributed by atoms with van der Waals surface area (Å²) >= 11 is 0. The Labute approximate surface area is 109 Å². The summed E-state index contributed by atoms with van der Waals surface area (Å²) in [5, 5.41) is 3.48. The van der Waals surface area contributed by atoms with Gasteiger partial charge in [0.1, 0.15) is 5.25 Å². The molecule has 0 saturated heterocycles. The maximum Gasteiger partial charge on any atom is 0.242 e. The van der Waals surface area contributed by atoms with Crippen LogP contribution in [0.3, 0.4) is 0 Å². The first-order valence-electron chi connectivity index (χ1n) is 5.79. The Morgan fingerprint density at radius 1 is 1.39 bits per heavy atom. The second-order valence-electron chi connectivity index (χ2n) is 4.34.